The van der Waals surface area contributed by atoms with Gasteiger partial charge in [-0.3, -0.25) is 0 Å². The van der Waals surface area contributed by atoms with E-state index >= 15 is 0 Å². The van der Waals surface area contributed by atoms with E-state index in [4.69, 9.17) is 9.47 Å². The summed E-state index contributed by atoms with van der Waals surface area (Å²) in [6.07, 6.45) is 0. The highest BCUT2D eigenvalue weighted by atomic mass is 32.2. The second-order valence-electron chi connectivity index (χ2n) is 5.20. The van der Waals surface area contributed by atoms with Crippen molar-refractivity contribution in [2.45, 2.75) is 17.1 Å². The lowest BCUT2D eigenvalue weighted by Gasteiger charge is -2.37. The molecular formula is C13H17NO6S2. The molecule has 0 unspecified atom stereocenters. The van der Waals surface area contributed by atoms with Gasteiger partial charge in [0.2, 0.25) is 10.0 Å². The van der Waals surface area contributed by atoms with E-state index in [1.807, 2.05) is 0 Å². The van der Waals surface area contributed by atoms with E-state index in [1.165, 1.54) is 16.4 Å². The first-order chi connectivity index (χ1) is 10.3. The minimum atomic E-state index is -3.70. The molecule has 2 aliphatic rings. The first kappa shape index (κ1) is 15.6. The molecule has 22 heavy (non-hydrogen) atoms. The van der Waals surface area contributed by atoms with Crippen molar-refractivity contribution in [1.82, 2.24) is 4.31 Å². The summed E-state index contributed by atoms with van der Waals surface area (Å²) >= 11 is 0. The molecule has 0 bridgehead atoms. The Hall–Kier alpha value is -1.32. The second-order valence-corrected chi connectivity index (χ2v) is 9.71. The van der Waals surface area contributed by atoms with Crippen molar-refractivity contribution in [3.8, 4) is 11.5 Å². The molecule has 1 aromatic carbocycles. The van der Waals surface area contributed by atoms with E-state index in [1.54, 1.807) is 13.0 Å². The van der Waals surface area contributed by atoms with Gasteiger partial charge in [-0.15, -0.1) is 0 Å². The molecule has 0 spiro atoms. The van der Waals surface area contributed by atoms with Gasteiger partial charge in [0.25, 0.3) is 0 Å². The SMILES string of the molecule is CCS(=O)(=O)C1CN(S(=O)(=O)c2ccc3c(c2)OCCO3)C1. The van der Waals surface area contributed by atoms with Gasteiger partial charge in [-0.1, -0.05) is 6.92 Å². The van der Waals surface area contributed by atoms with Crippen molar-refractivity contribution in [2.24, 2.45) is 0 Å². The highest BCUT2D eigenvalue weighted by molar-refractivity contribution is 7.92. The van der Waals surface area contributed by atoms with Crippen LogP contribution in [0.5, 0.6) is 11.5 Å². The smallest absolute Gasteiger partial charge is 0.243 e. The summed E-state index contributed by atoms with van der Waals surface area (Å²) in [5, 5.41) is -0.607. The molecular weight excluding hydrogens is 330 g/mol. The van der Waals surface area contributed by atoms with E-state index in [0.29, 0.717) is 24.7 Å². The number of fused-ring (bicyclic) bond motifs is 1. The third-order valence-corrected chi connectivity index (χ3v) is 7.82. The highest BCUT2D eigenvalue weighted by Crippen LogP contribution is 2.34. The van der Waals surface area contributed by atoms with Crippen LogP contribution in [0.3, 0.4) is 0 Å². The molecule has 1 fully saturated rings. The molecule has 0 aliphatic carbocycles. The quantitative estimate of drug-likeness (QED) is 0.776. The van der Waals surface area contributed by atoms with Gasteiger partial charge in [-0.05, 0) is 12.1 Å². The number of ether oxygens (including phenoxy) is 2. The first-order valence-electron chi connectivity index (χ1n) is 6.96. The molecule has 0 amide bonds. The molecule has 0 saturated carbocycles. The zero-order chi connectivity index (χ0) is 16.0. The summed E-state index contributed by atoms with van der Waals surface area (Å²) in [4.78, 5) is 0.0871. The highest BCUT2D eigenvalue weighted by Gasteiger charge is 2.43. The van der Waals surface area contributed by atoms with Gasteiger partial charge in [0.05, 0.1) is 10.1 Å². The Labute approximate surface area is 129 Å². The monoisotopic (exact) mass is 347 g/mol. The fourth-order valence-corrected chi connectivity index (χ4v) is 5.41. The van der Waals surface area contributed by atoms with Crippen LogP contribution in [0.25, 0.3) is 0 Å². The second kappa shape index (κ2) is 5.39. The minimum Gasteiger partial charge on any atom is -0.486 e. The maximum Gasteiger partial charge on any atom is 0.243 e. The molecule has 0 N–H and O–H groups in total. The van der Waals surface area contributed by atoms with Crippen LogP contribution in [0.2, 0.25) is 0 Å². The van der Waals surface area contributed by atoms with Gasteiger partial charge in [-0.2, -0.15) is 4.31 Å². The maximum absolute atomic E-state index is 12.5. The van der Waals surface area contributed by atoms with Crippen LogP contribution in [0, 0.1) is 0 Å². The summed E-state index contributed by atoms with van der Waals surface area (Å²) in [6.45, 7) is 2.38. The zero-order valence-corrected chi connectivity index (χ0v) is 13.7. The number of sulfone groups is 1. The van der Waals surface area contributed by atoms with Crippen LogP contribution in [-0.2, 0) is 19.9 Å². The molecule has 1 aromatic rings. The molecule has 2 aliphatic heterocycles. The van der Waals surface area contributed by atoms with E-state index in [9.17, 15) is 16.8 Å². The predicted molar refractivity (Wildman–Crippen MR) is 79.4 cm³/mol. The number of nitrogens with zero attached hydrogens (tertiary/aromatic N) is 1. The molecule has 0 radical (unpaired) electrons. The average molecular weight is 347 g/mol. The predicted octanol–water partition coefficient (Wildman–Crippen LogP) is 0.265. The first-order valence-corrected chi connectivity index (χ1v) is 10.1. The van der Waals surface area contributed by atoms with E-state index in [2.05, 4.69) is 0 Å². The van der Waals surface area contributed by atoms with Crippen LogP contribution < -0.4 is 9.47 Å². The Morgan fingerprint density at radius 2 is 1.73 bits per heavy atom. The summed E-state index contributed by atoms with van der Waals surface area (Å²) in [6, 6.07) is 4.43. The molecule has 0 atom stereocenters. The Morgan fingerprint density at radius 3 is 2.36 bits per heavy atom. The molecule has 2 heterocycles. The number of rotatable bonds is 4. The van der Waals surface area contributed by atoms with Crippen molar-refractivity contribution >= 4 is 19.9 Å². The third kappa shape index (κ3) is 2.57. The van der Waals surface area contributed by atoms with E-state index < -0.39 is 25.1 Å². The number of benzene rings is 1. The zero-order valence-electron chi connectivity index (χ0n) is 12.1. The lowest BCUT2D eigenvalue weighted by molar-refractivity contribution is 0.171. The Bertz CT molecular complexity index is 781. The van der Waals surface area contributed by atoms with Crippen molar-refractivity contribution in [3.05, 3.63) is 18.2 Å². The number of sulfonamides is 1. The summed E-state index contributed by atoms with van der Waals surface area (Å²) in [7, 11) is -6.91. The minimum absolute atomic E-state index is 0.00689. The number of hydrogen-bond donors (Lipinski definition) is 0. The summed E-state index contributed by atoms with van der Waals surface area (Å²) in [5.41, 5.74) is 0. The van der Waals surface area contributed by atoms with Crippen molar-refractivity contribution < 1.29 is 26.3 Å². The average Bonchev–Trinajstić information content (AvgIpc) is 2.44. The third-order valence-electron chi connectivity index (χ3n) is 3.88. The molecule has 7 nitrogen and oxygen atoms in total. The van der Waals surface area contributed by atoms with Gasteiger partial charge in [0, 0.05) is 24.9 Å². The topological polar surface area (TPSA) is 90.0 Å². The summed E-state index contributed by atoms with van der Waals surface area (Å²) in [5.74, 6) is 0.932. The van der Waals surface area contributed by atoms with Gasteiger partial charge in [0.1, 0.15) is 13.2 Å². The van der Waals surface area contributed by atoms with Crippen molar-refractivity contribution in [2.75, 3.05) is 32.1 Å². The van der Waals surface area contributed by atoms with Crippen molar-refractivity contribution in [1.29, 1.82) is 0 Å². The largest absolute Gasteiger partial charge is 0.486 e. The van der Waals surface area contributed by atoms with Gasteiger partial charge < -0.3 is 9.47 Å². The lowest BCUT2D eigenvalue weighted by atomic mass is 10.3. The molecule has 3 rings (SSSR count). The Balaban J connectivity index is 1.80. The van der Waals surface area contributed by atoms with Crippen LogP contribution in [0.4, 0.5) is 0 Å². The lowest BCUT2D eigenvalue weighted by Crippen LogP contribution is -2.57. The van der Waals surface area contributed by atoms with Crippen LogP contribution in [0.15, 0.2) is 23.1 Å². The Morgan fingerprint density at radius 1 is 1.09 bits per heavy atom. The number of hydrogen-bond acceptors (Lipinski definition) is 6. The molecule has 122 valence electrons. The fraction of sp³-hybridized carbons (Fsp3) is 0.538. The molecule has 1 saturated heterocycles. The van der Waals surface area contributed by atoms with E-state index in [-0.39, 0.29) is 23.7 Å². The molecule has 9 heteroatoms. The van der Waals surface area contributed by atoms with Crippen LogP contribution in [-0.4, -0.2) is 58.4 Å². The van der Waals surface area contributed by atoms with Crippen molar-refractivity contribution in [3.63, 3.8) is 0 Å². The van der Waals surface area contributed by atoms with E-state index in [0.717, 1.165) is 0 Å². The summed E-state index contributed by atoms with van der Waals surface area (Å²) < 4.78 is 60.4. The van der Waals surface area contributed by atoms with Gasteiger partial charge in [0.15, 0.2) is 21.3 Å². The normalized spacial score (nSPS) is 19.7. The standard InChI is InChI=1S/C13H17NO6S2/c1-2-21(15,16)11-8-14(9-11)22(17,18)10-3-4-12-13(7-10)20-6-5-19-12/h3-4,7,11H,2,5-6,8-9H2,1H3. The van der Waals surface area contributed by atoms with Crippen LogP contribution >= 0.6 is 0 Å². The van der Waals surface area contributed by atoms with Crippen LogP contribution in [0.1, 0.15) is 6.92 Å². The maximum atomic E-state index is 12.5. The van der Waals surface area contributed by atoms with Gasteiger partial charge in [-0.25, -0.2) is 16.8 Å². The molecule has 0 aromatic heterocycles. The fourth-order valence-electron chi connectivity index (χ4n) is 2.39. The van der Waals surface area contributed by atoms with Gasteiger partial charge >= 0.3 is 0 Å². The Kier molecular flexibility index (Phi) is 3.82.